The highest BCUT2D eigenvalue weighted by molar-refractivity contribution is 5.97. The van der Waals surface area contributed by atoms with Gasteiger partial charge in [-0.3, -0.25) is 4.79 Å². The molecule has 0 saturated carbocycles. The Bertz CT molecular complexity index is 1240. The Labute approximate surface area is 214 Å². The molecule has 3 amide bonds. The maximum absolute atomic E-state index is 13.0. The van der Waals surface area contributed by atoms with E-state index in [1.165, 1.54) is 17.0 Å². The molecule has 3 aromatic rings. The van der Waals surface area contributed by atoms with Crippen LogP contribution in [0.3, 0.4) is 0 Å². The summed E-state index contributed by atoms with van der Waals surface area (Å²) in [5.74, 6) is 0.0237. The van der Waals surface area contributed by atoms with Crippen molar-refractivity contribution in [1.29, 1.82) is 0 Å². The molecule has 0 spiro atoms. The molecule has 0 fully saturated rings. The minimum Gasteiger partial charge on any atom is -0.313 e. The van der Waals surface area contributed by atoms with E-state index in [2.05, 4.69) is 10.6 Å². The lowest BCUT2D eigenvalue weighted by Gasteiger charge is -2.26. The van der Waals surface area contributed by atoms with Gasteiger partial charge in [0.2, 0.25) is 5.91 Å². The summed E-state index contributed by atoms with van der Waals surface area (Å²) in [6, 6.07) is 12.7. The molecule has 2 N–H and O–H groups in total. The van der Waals surface area contributed by atoms with Gasteiger partial charge in [0.25, 0.3) is 0 Å². The number of aryl methyl sites for hydroxylation is 1. The maximum Gasteiger partial charge on any atom is 0.416 e. The molecule has 2 aromatic carbocycles. The number of urea groups is 1. The summed E-state index contributed by atoms with van der Waals surface area (Å²) in [6.07, 6.45) is -4.47. The molecule has 198 valence electrons. The van der Waals surface area contributed by atoms with Gasteiger partial charge < -0.3 is 15.5 Å². The molecule has 0 aliphatic rings. The van der Waals surface area contributed by atoms with Gasteiger partial charge in [-0.15, -0.1) is 0 Å². The lowest BCUT2D eigenvalue weighted by Crippen LogP contribution is -2.44. The van der Waals surface area contributed by atoms with Crippen LogP contribution in [0.2, 0.25) is 0 Å². The van der Waals surface area contributed by atoms with Gasteiger partial charge in [0.05, 0.1) is 16.9 Å². The SMILES string of the molecule is Cc1ccc(-n2nc(C(C)(C)C)cc2NC(=O)CN(C(=O)Nc2ccc(C(F)(F)F)cc2)C(C)C)cc1. The summed E-state index contributed by atoms with van der Waals surface area (Å²) in [5.41, 5.74) is 1.76. The van der Waals surface area contributed by atoms with E-state index < -0.39 is 23.7 Å². The normalized spacial score (nSPS) is 11.9. The minimum absolute atomic E-state index is 0.191. The van der Waals surface area contributed by atoms with Crippen LogP contribution in [-0.4, -0.2) is 39.2 Å². The quantitative estimate of drug-likeness (QED) is 0.400. The smallest absolute Gasteiger partial charge is 0.313 e. The van der Waals surface area contributed by atoms with E-state index in [1.807, 2.05) is 52.0 Å². The molecule has 1 aromatic heterocycles. The molecule has 1 heterocycles. The van der Waals surface area contributed by atoms with Crippen LogP contribution in [0.5, 0.6) is 0 Å². The van der Waals surface area contributed by atoms with Gasteiger partial charge in [-0.2, -0.15) is 18.3 Å². The van der Waals surface area contributed by atoms with Crippen molar-refractivity contribution in [2.45, 2.75) is 59.2 Å². The van der Waals surface area contributed by atoms with Crippen LogP contribution >= 0.6 is 0 Å². The number of rotatable bonds is 6. The van der Waals surface area contributed by atoms with E-state index in [9.17, 15) is 22.8 Å². The van der Waals surface area contributed by atoms with Crippen molar-refractivity contribution >= 4 is 23.4 Å². The van der Waals surface area contributed by atoms with Crippen LogP contribution in [0.1, 0.15) is 51.4 Å². The number of carbonyl (C=O) groups is 2. The molecule has 3 rings (SSSR count). The molecular weight excluding hydrogens is 483 g/mol. The van der Waals surface area contributed by atoms with E-state index in [4.69, 9.17) is 5.10 Å². The molecule has 7 nitrogen and oxygen atoms in total. The largest absolute Gasteiger partial charge is 0.416 e. The number of alkyl halides is 3. The Morgan fingerprint density at radius 3 is 2.08 bits per heavy atom. The molecular formula is C27H32F3N5O2. The molecule has 0 atom stereocenters. The van der Waals surface area contributed by atoms with Crippen molar-refractivity contribution in [2.24, 2.45) is 0 Å². The number of hydrogen-bond donors (Lipinski definition) is 2. The fourth-order valence-corrected chi connectivity index (χ4v) is 3.48. The average molecular weight is 516 g/mol. The predicted octanol–water partition coefficient (Wildman–Crippen LogP) is 6.38. The first-order valence-corrected chi connectivity index (χ1v) is 11.9. The van der Waals surface area contributed by atoms with E-state index in [0.29, 0.717) is 5.82 Å². The number of benzene rings is 2. The Balaban J connectivity index is 1.77. The van der Waals surface area contributed by atoms with Crippen molar-refractivity contribution < 1.29 is 22.8 Å². The second kappa shape index (κ2) is 10.7. The van der Waals surface area contributed by atoms with Crippen LogP contribution in [-0.2, 0) is 16.4 Å². The minimum atomic E-state index is -4.47. The van der Waals surface area contributed by atoms with Gasteiger partial charge in [-0.05, 0) is 57.2 Å². The predicted molar refractivity (Wildman–Crippen MR) is 138 cm³/mol. The molecule has 0 aliphatic carbocycles. The number of nitrogens with zero attached hydrogens (tertiary/aromatic N) is 3. The third-order valence-corrected chi connectivity index (χ3v) is 5.69. The number of hydrogen-bond acceptors (Lipinski definition) is 3. The van der Waals surface area contributed by atoms with Crippen molar-refractivity contribution in [3.05, 3.63) is 71.4 Å². The van der Waals surface area contributed by atoms with Gasteiger partial charge >= 0.3 is 12.2 Å². The van der Waals surface area contributed by atoms with Crippen molar-refractivity contribution in [2.75, 3.05) is 17.2 Å². The van der Waals surface area contributed by atoms with Crippen LogP contribution in [0.25, 0.3) is 5.69 Å². The zero-order valence-electron chi connectivity index (χ0n) is 21.8. The van der Waals surface area contributed by atoms with Gasteiger partial charge in [0.1, 0.15) is 12.4 Å². The van der Waals surface area contributed by atoms with E-state index in [1.54, 1.807) is 24.6 Å². The summed E-state index contributed by atoms with van der Waals surface area (Å²) in [5, 5.41) is 10.1. The van der Waals surface area contributed by atoms with Crippen molar-refractivity contribution in [3.8, 4) is 5.69 Å². The van der Waals surface area contributed by atoms with Gasteiger partial charge in [0, 0.05) is 23.2 Å². The number of nitrogens with one attached hydrogen (secondary N) is 2. The number of halogens is 3. The van der Waals surface area contributed by atoms with Crippen LogP contribution in [0.15, 0.2) is 54.6 Å². The number of carbonyl (C=O) groups excluding carboxylic acids is 2. The zero-order valence-corrected chi connectivity index (χ0v) is 21.8. The Morgan fingerprint density at radius 2 is 1.57 bits per heavy atom. The third kappa shape index (κ3) is 7.12. The van der Waals surface area contributed by atoms with E-state index >= 15 is 0 Å². The Kier molecular flexibility index (Phi) is 8.00. The fourth-order valence-electron chi connectivity index (χ4n) is 3.48. The van der Waals surface area contributed by atoms with Crippen LogP contribution < -0.4 is 10.6 Å². The zero-order chi connectivity index (χ0) is 27.5. The van der Waals surface area contributed by atoms with Gasteiger partial charge in [-0.1, -0.05) is 38.5 Å². The highest BCUT2D eigenvalue weighted by Gasteiger charge is 2.30. The number of anilines is 2. The monoisotopic (exact) mass is 515 g/mol. The van der Waals surface area contributed by atoms with Gasteiger partial charge in [-0.25, -0.2) is 9.48 Å². The second-order valence-electron chi connectivity index (χ2n) is 10.2. The molecule has 0 bridgehead atoms. The summed E-state index contributed by atoms with van der Waals surface area (Å²) < 4.78 is 40.1. The van der Waals surface area contributed by atoms with Crippen molar-refractivity contribution in [3.63, 3.8) is 0 Å². The Morgan fingerprint density at radius 1 is 0.973 bits per heavy atom. The van der Waals surface area contributed by atoms with Gasteiger partial charge in [0.15, 0.2) is 0 Å². The first-order chi connectivity index (χ1) is 17.1. The first-order valence-electron chi connectivity index (χ1n) is 11.9. The molecule has 0 unspecified atom stereocenters. The average Bonchev–Trinajstić information content (AvgIpc) is 3.21. The first kappa shape index (κ1) is 27.8. The second-order valence-corrected chi connectivity index (χ2v) is 10.2. The fraction of sp³-hybridized carbons (Fsp3) is 0.370. The summed E-state index contributed by atoms with van der Waals surface area (Å²) in [6.45, 7) is 11.3. The van der Waals surface area contributed by atoms with Crippen molar-refractivity contribution in [1.82, 2.24) is 14.7 Å². The highest BCUT2D eigenvalue weighted by atomic mass is 19.4. The molecule has 10 heteroatoms. The molecule has 37 heavy (non-hydrogen) atoms. The topological polar surface area (TPSA) is 79.3 Å². The number of amides is 3. The van der Waals surface area contributed by atoms with Crippen LogP contribution in [0.4, 0.5) is 29.5 Å². The molecule has 0 saturated heterocycles. The Hall–Kier alpha value is -3.82. The standard InChI is InChI=1S/C27H32F3N5O2/c1-17(2)34(25(37)31-20-11-9-19(10-12-20)27(28,29)30)16-24(36)32-23-15-22(26(4,5)6)33-35(23)21-13-7-18(3)8-14-21/h7-15,17H,16H2,1-6H3,(H,31,37)(H,32,36). The summed E-state index contributed by atoms with van der Waals surface area (Å²) >= 11 is 0. The molecule has 0 radical (unpaired) electrons. The maximum atomic E-state index is 13.0. The lowest BCUT2D eigenvalue weighted by atomic mass is 9.92. The lowest BCUT2D eigenvalue weighted by molar-refractivity contribution is -0.137. The number of aromatic nitrogens is 2. The highest BCUT2D eigenvalue weighted by Crippen LogP contribution is 2.30. The van der Waals surface area contributed by atoms with E-state index in [-0.39, 0.29) is 23.7 Å². The third-order valence-electron chi connectivity index (χ3n) is 5.69. The van der Waals surface area contributed by atoms with E-state index in [0.717, 1.165) is 29.1 Å². The molecule has 0 aliphatic heterocycles. The summed E-state index contributed by atoms with van der Waals surface area (Å²) in [4.78, 5) is 27.2. The summed E-state index contributed by atoms with van der Waals surface area (Å²) in [7, 11) is 0. The van der Waals surface area contributed by atoms with Crippen LogP contribution in [0, 0.1) is 6.92 Å².